The van der Waals surface area contributed by atoms with E-state index in [2.05, 4.69) is 33.0 Å². The smallest absolute Gasteiger partial charge is 0.251 e. The number of rotatable bonds is 7. The van der Waals surface area contributed by atoms with Crippen molar-refractivity contribution in [3.8, 4) is 12.3 Å². The number of thioether (sulfide) groups is 1. The average molecular weight is 430 g/mol. The van der Waals surface area contributed by atoms with E-state index < -0.39 is 10.0 Å². The van der Waals surface area contributed by atoms with E-state index in [-0.39, 0.29) is 17.3 Å². The van der Waals surface area contributed by atoms with Gasteiger partial charge in [0.15, 0.2) is 0 Å². The Morgan fingerprint density at radius 2 is 1.72 bits per heavy atom. The maximum absolute atomic E-state index is 12.4. The summed E-state index contributed by atoms with van der Waals surface area (Å²) in [7, 11) is -3.66. The number of carbonyl (C=O) groups excluding carboxylic acids is 1. The zero-order valence-electron chi connectivity index (χ0n) is 15.9. The van der Waals surface area contributed by atoms with Crippen LogP contribution in [0.3, 0.4) is 0 Å². The Kier molecular flexibility index (Phi) is 7.20. The predicted octanol–water partition coefficient (Wildman–Crippen LogP) is 2.08. The molecule has 1 aliphatic heterocycles. The molecule has 3 rings (SSSR count). The molecule has 1 saturated heterocycles. The second-order valence-corrected chi connectivity index (χ2v) is 9.49. The molecule has 152 valence electrons. The van der Waals surface area contributed by atoms with E-state index >= 15 is 0 Å². The summed E-state index contributed by atoms with van der Waals surface area (Å²) >= 11 is 1.98. The van der Waals surface area contributed by atoms with E-state index in [9.17, 15) is 13.2 Å². The Morgan fingerprint density at radius 1 is 1.07 bits per heavy atom. The minimum Gasteiger partial charge on any atom is -0.370 e. The number of nitrogens with one attached hydrogen (secondary N) is 2. The van der Waals surface area contributed by atoms with E-state index in [0.29, 0.717) is 12.1 Å². The number of amides is 1. The van der Waals surface area contributed by atoms with Crippen LogP contribution in [0.25, 0.3) is 0 Å². The summed E-state index contributed by atoms with van der Waals surface area (Å²) in [6.07, 6.45) is 5.07. The minimum atomic E-state index is -3.66. The molecule has 0 saturated carbocycles. The molecule has 0 unspecified atom stereocenters. The number of sulfonamides is 1. The lowest BCUT2D eigenvalue weighted by atomic mass is 10.1. The SMILES string of the molecule is C#CCNS(=O)(=O)c1ccc(C(=O)NCc2ccc(N3CCSCC3)cc2)cc1. The number of hydrogen-bond donors (Lipinski definition) is 2. The Bertz CT molecular complexity index is 975. The molecule has 2 aromatic rings. The molecule has 0 radical (unpaired) electrons. The van der Waals surface area contributed by atoms with E-state index in [1.54, 1.807) is 0 Å². The maximum atomic E-state index is 12.4. The van der Waals surface area contributed by atoms with Crippen LogP contribution in [0, 0.1) is 12.3 Å². The van der Waals surface area contributed by atoms with E-state index in [1.165, 1.54) is 30.0 Å². The van der Waals surface area contributed by atoms with Crippen molar-refractivity contribution in [3.05, 3.63) is 59.7 Å². The average Bonchev–Trinajstić information content (AvgIpc) is 2.77. The van der Waals surface area contributed by atoms with Gasteiger partial charge in [-0.05, 0) is 42.0 Å². The van der Waals surface area contributed by atoms with Gasteiger partial charge in [-0.15, -0.1) is 6.42 Å². The number of benzene rings is 2. The molecule has 2 N–H and O–H groups in total. The van der Waals surface area contributed by atoms with Crippen molar-refractivity contribution < 1.29 is 13.2 Å². The molecule has 1 fully saturated rings. The first-order chi connectivity index (χ1) is 14.0. The van der Waals surface area contributed by atoms with Gasteiger partial charge in [0.05, 0.1) is 11.4 Å². The van der Waals surface area contributed by atoms with Gasteiger partial charge < -0.3 is 10.2 Å². The normalized spacial score (nSPS) is 14.2. The van der Waals surface area contributed by atoms with Gasteiger partial charge in [0, 0.05) is 42.4 Å². The molecule has 2 aromatic carbocycles. The van der Waals surface area contributed by atoms with Crippen LogP contribution in [0.2, 0.25) is 0 Å². The van der Waals surface area contributed by atoms with Crippen molar-refractivity contribution >= 4 is 33.4 Å². The second kappa shape index (κ2) is 9.83. The third-order valence-electron chi connectivity index (χ3n) is 4.56. The molecule has 6 nitrogen and oxygen atoms in total. The van der Waals surface area contributed by atoms with Crippen molar-refractivity contribution in [2.75, 3.05) is 36.0 Å². The first-order valence-electron chi connectivity index (χ1n) is 9.22. The largest absolute Gasteiger partial charge is 0.370 e. The maximum Gasteiger partial charge on any atom is 0.251 e. The van der Waals surface area contributed by atoms with Crippen LogP contribution in [-0.2, 0) is 16.6 Å². The Labute approximate surface area is 176 Å². The molecule has 1 aliphatic rings. The summed E-state index contributed by atoms with van der Waals surface area (Å²) in [5, 5.41) is 2.86. The molecule has 0 aromatic heterocycles. The van der Waals surface area contributed by atoms with Crippen LogP contribution < -0.4 is 14.9 Å². The summed E-state index contributed by atoms with van der Waals surface area (Å²) in [6, 6.07) is 13.9. The molecular weight excluding hydrogens is 406 g/mol. The Hall–Kier alpha value is -2.47. The number of anilines is 1. The Balaban J connectivity index is 1.56. The predicted molar refractivity (Wildman–Crippen MR) is 118 cm³/mol. The fourth-order valence-electron chi connectivity index (χ4n) is 2.94. The van der Waals surface area contributed by atoms with Crippen molar-refractivity contribution in [1.82, 2.24) is 10.0 Å². The summed E-state index contributed by atoms with van der Waals surface area (Å²) in [5.41, 5.74) is 2.60. The summed E-state index contributed by atoms with van der Waals surface area (Å²) < 4.78 is 26.3. The number of hydrogen-bond acceptors (Lipinski definition) is 5. The number of terminal acetylenes is 1. The van der Waals surface area contributed by atoms with Crippen LogP contribution >= 0.6 is 11.8 Å². The van der Waals surface area contributed by atoms with Crippen molar-refractivity contribution in [2.45, 2.75) is 11.4 Å². The lowest BCUT2D eigenvalue weighted by Crippen LogP contribution is -2.32. The van der Waals surface area contributed by atoms with Crippen LogP contribution in [0.15, 0.2) is 53.4 Å². The highest BCUT2D eigenvalue weighted by atomic mass is 32.2. The highest BCUT2D eigenvalue weighted by Gasteiger charge is 2.14. The second-order valence-electron chi connectivity index (χ2n) is 6.50. The molecule has 8 heteroatoms. The molecule has 1 amide bonds. The van der Waals surface area contributed by atoms with E-state index in [4.69, 9.17) is 6.42 Å². The minimum absolute atomic E-state index is 0.0657. The summed E-state index contributed by atoms with van der Waals surface area (Å²) in [4.78, 5) is 14.8. The van der Waals surface area contributed by atoms with Gasteiger partial charge in [-0.25, -0.2) is 8.42 Å². The highest BCUT2D eigenvalue weighted by Crippen LogP contribution is 2.20. The third-order valence-corrected chi connectivity index (χ3v) is 6.92. The zero-order chi connectivity index (χ0) is 20.7. The fraction of sp³-hybridized carbons (Fsp3) is 0.286. The van der Waals surface area contributed by atoms with Gasteiger partial charge >= 0.3 is 0 Å². The third kappa shape index (κ3) is 5.76. The summed E-state index contributed by atoms with van der Waals surface area (Å²) in [5.74, 6) is 4.26. The van der Waals surface area contributed by atoms with Crippen LogP contribution in [0.5, 0.6) is 0 Å². The quantitative estimate of drug-likeness (QED) is 0.659. The highest BCUT2D eigenvalue weighted by molar-refractivity contribution is 7.99. The standard InChI is InChI=1S/C21H23N3O3S2/c1-2-11-23-29(26,27)20-9-5-18(6-10-20)21(25)22-16-17-3-7-19(8-4-17)24-12-14-28-15-13-24/h1,3-10,23H,11-16H2,(H,22,25). The van der Waals surface area contributed by atoms with Gasteiger partial charge in [-0.3, -0.25) is 4.79 Å². The molecule has 0 spiro atoms. The molecule has 1 heterocycles. The van der Waals surface area contributed by atoms with Crippen molar-refractivity contribution in [3.63, 3.8) is 0 Å². The van der Waals surface area contributed by atoms with Crippen LogP contribution in [0.4, 0.5) is 5.69 Å². The number of nitrogens with zero attached hydrogens (tertiary/aromatic N) is 1. The molecule has 0 atom stereocenters. The Morgan fingerprint density at radius 3 is 2.34 bits per heavy atom. The van der Waals surface area contributed by atoms with Crippen LogP contribution in [-0.4, -0.2) is 45.5 Å². The summed E-state index contributed by atoms with van der Waals surface area (Å²) in [6.45, 7) is 2.44. The van der Waals surface area contributed by atoms with Crippen LogP contribution in [0.1, 0.15) is 15.9 Å². The molecule has 0 bridgehead atoms. The lowest BCUT2D eigenvalue weighted by Gasteiger charge is -2.28. The molecular formula is C21H23N3O3S2. The molecule has 29 heavy (non-hydrogen) atoms. The van der Waals surface area contributed by atoms with Gasteiger partial charge in [0.25, 0.3) is 5.91 Å². The number of carbonyl (C=O) groups is 1. The van der Waals surface area contributed by atoms with Gasteiger partial charge in [-0.2, -0.15) is 16.5 Å². The van der Waals surface area contributed by atoms with E-state index in [1.807, 2.05) is 23.9 Å². The topological polar surface area (TPSA) is 78.5 Å². The van der Waals surface area contributed by atoms with Gasteiger partial charge in [0.1, 0.15) is 0 Å². The first-order valence-corrected chi connectivity index (χ1v) is 11.9. The van der Waals surface area contributed by atoms with Crippen molar-refractivity contribution in [2.24, 2.45) is 0 Å². The van der Waals surface area contributed by atoms with Crippen molar-refractivity contribution in [1.29, 1.82) is 0 Å². The van der Waals surface area contributed by atoms with E-state index in [0.717, 1.165) is 30.2 Å². The molecule has 0 aliphatic carbocycles. The lowest BCUT2D eigenvalue weighted by molar-refractivity contribution is 0.0951. The van der Waals surface area contributed by atoms with Gasteiger partial charge in [-0.1, -0.05) is 18.1 Å². The first kappa shape index (κ1) is 21.2. The zero-order valence-corrected chi connectivity index (χ0v) is 17.6. The fourth-order valence-corrected chi connectivity index (χ4v) is 4.77. The van der Waals surface area contributed by atoms with Gasteiger partial charge in [0.2, 0.25) is 10.0 Å². The monoisotopic (exact) mass is 429 g/mol.